The third-order valence-electron chi connectivity index (χ3n) is 18.4. The molecular weight excluding hydrogens is 1570 g/mol. The zero-order valence-corrected chi connectivity index (χ0v) is 81.2. The minimum Gasteiger partial charge on any atom is -0.807 e. The van der Waals surface area contributed by atoms with E-state index in [0.29, 0.717) is 47.3 Å². The topological polar surface area (TPSA) is 99.1 Å². The molecule has 0 aliphatic rings. The second kappa shape index (κ2) is 44.2. The van der Waals surface area contributed by atoms with Crippen molar-refractivity contribution < 1.29 is 51.7 Å². The number of hydrogen-bond donors (Lipinski definition) is 1. The molecule has 0 aliphatic carbocycles. The van der Waals surface area contributed by atoms with E-state index in [-0.39, 0.29) is 135 Å². The first-order valence-corrected chi connectivity index (χ1v) is 38.1. The van der Waals surface area contributed by atoms with Crippen LogP contribution in [-0.2, 0) is 51.7 Å². The molecule has 1 N–H and O–H groups in total. The average molecular weight is 1740 g/mol. The van der Waals surface area contributed by atoms with Crippen molar-refractivity contribution in [2.24, 2.45) is 9.98 Å². The van der Waals surface area contributed by atoms with Gasteiger partial charge in [-0.2, -0.15) is 0 Å². The summed E-state index contributed by atoms with van der Waals surface area (Å²) in [6.45, 7) is 88.5. The first-order chi connectivity index (χ1) is 40.2. The molecule has 0 saturated heterocycles. The van der Waals surface area contributed by atoms with Crippen LogP contribution in [0.3, 0.4) is 0 Å². The van der Waals surface area contributed by atoms with Gasteiger partial charge in [-0.3, -0.25) is 9.98 Å². The Balaban J connectivity index is -0.000000160. The largest absolute Gasteiger partial charge is 0.807 e. The van der Waals surface area contributed by atoms with Crippen LogP contribution in [0.4, 0.5) is 22.7 Å². The van der Waals surface area contributed by atoms with Gasteiger partial charge in [0.05, 0.1) is 11.4 Å². The third-order valence-corrected chi connectivity index (χ3v) is 30.3. The molecule has 10 heteroatoms. The van der Waals surface area contributed by atoms with Gasteiger partial charge in [0.25, 0.3) is 0 Å². The maximum Gasteiger partial charge on any atom is 0.0697 e. The van der Waals surface area contributed by atoms with Gasteiger partial charge in [-0.25, -0.2) is 7.05 Å². The van der Waals surface area contributed by atoms with Crippen molar-refractivity contribution in [2.45, 2.75) is 381 Å². The van der Waals surface area contributed by atoms with Crippen LogP contribution in [0.1, 0.15) is 384 Å². The van der Waals surface area contributed by atoms with Crippen LogP contribution in [0, 0.1) is 42.3 Å². The van der Waals surface area contributed by atoms with E-state index in [1.165, 1.54) is 44.5 Å². The summed E-state index contributed by atoms with van der Waals surface area (Å²) in [5.41, 5.74) is 16.4. The van der Waals surface area contributed by atoms with E-state index in [2.05, 4.69) is 350 Å². The van der Waals surface area contributed by atoms with Crippen molar-refractivity contribution >= 4 is 48.3 Å². The summed E-state index contributed by atoms with van der Waals surface area (Å²) in [4.78, 5) is 10.5. The number of para-hydroxylation sites is 4. The maximum atomic E-state index is 11.1. The Morgan fingerprint density at radius 3 is 0.586 bits per heavy atom. The fourth-order valence-electron chi connectivity index (χ4n) is 13.9. The summed E-state index contributed by atoms with van der Waals surface area (Å²) >= 11 is 0. The van der Waals surface area contributed by atoms with Crippen LogP contribution in [0.2, 0.25) is 0 Å². The Labute approximate surface area is 661 Å². The van der Waals surface area contributed by atoms with Gasteiger partial charge in [-0.05, 0) is 121 Å². The molecule has 0 bridgehead atoms. The minimum atomic E-state index is -2.02. The van der Waals surface area contributed by atoms with E-state index >= 15 is 0 Å². The number of benzene rings is 4. The first kappa shape index (κ1) is 115. The van der Waals surface area contributed by atoms with Crippen LogP contribution in [0.15, 0.2) is 82.8 Å². The van der Waals surface area contributed by atoms with Crippen molar-refractivity contribution in [3.8, 4) is 0 Å². The molecule has 576 valence electrons. The van der Waals surface area contributed by atoms with Gasteiger partial charge in [0.1, 0.15) is 0 Å². The summed E-state index contributed by atoms with van der Waals surface area (Å²) in [6, 6.07) is 26.5. The van der Waals surface area contributed by atoms with E-state index in [9.17, 15) is 5.16 Å². The van der Waals surface area contributed by atoms with E-state index < -0.39 is 25.2 Å². The third kappa shape index (κ3) is 29.4. The van der Waals surface area contributed by atoms with Gasteiger partial charge in [-0.1, -0.05) is 384 Å². The molecule has 0 atom stereocenters. The molecule has 0 fully saturated rings. The minimum absolute atomic E-state index is 0. The Hall–Kier alpha value is -1.98. The van der Waals surface area contributed by atoms with Crippen molar-refractivity contribution in [1.82, 2.24) is 0 Å². The van der Waals surface area contributed by atoms with Gasteiger partial charge in [0.2, 0.25) is 0 Å². The van der Waals surface area contributed by atoms with Crippen molar-refractivity contribution in [3.63, 3.8) is 0 Å². The van der Waals surface area contributed by atoms with Crippen LogP contribution in [0.5, 0.6) is 0 Å². The standard InChI is InChI=1S/2C29H43N2.C12H28NP.C12H27NP.2CH4.5CH3.2Hf/c2*1-18(2)23-14-12-15-24(19(3)4)27(23)30-22(9)29(10,11)31-28-25(20(5)6)16-13-17-26(28)21(7)8;2*1-10(2,3)14(13,11(4,5)6)12(7,8)9;;;;;;;;;/h2*12-21H,1-11H3;13H,1-9H3;1-9H3;2*1H4;5*1H3;;/q2*-1;;-1;;;5*-1;;. The molecule has 0 aromatic heterocycles. The van der Waals surface area contributed by atoms with Crippen LogP contribution >= 0.6 is 14.1 Å². The van der Waals surface area contributed by atoms with Crippen molar-refractivity contribution in [2.75, 3.05) is 0 Å². The van der Waals surface area contributed by atoms with Gasteiger partial charge < -0.3 is 58.1 Å². The maximum absolute atomic E-state index is 11.1. The SMILES string of the molecule is C.C.CC(=Nc1c(C(C)C)cccc1C(C)C)C(C)(C)[N-]c1c(C(C)C)cccc1C(C)C.CC(=Nc1c(C(C)C)cccc1C(C)C)C(C)(C)[N-]c1c(C(C)C)cccc1C(C)C.CC(C)(C)P(=N)(C(C)(C)C)C(C)(C)C.CC(C)(C)P(=[N-])(C(C)(C)C)C(C)(C)C.[CH3-].[CH3-].[CH3-].[CH3-].[CH3-].[Hf].[Hf]. The Morgan fingerprint density at radius 1 is 0.323 bits per heavy atom. The Kier molecular flexibility index (Phi) is 51.6. The summed E-state index contributed by atoms with van der Waals surface area (Å²) in [6.07, 6.45) is 0. The van der Waals surface area contributed by atoms with Gasteiger partial charge in [-0.15, -0.1) is 11.4 Å². The summed E-state index contributed by atoms with van der Waals surface area (Å²) in [5.74, 6) is 3.44. The van der Waals surface area contributed by atoms with Gasteiger partial charge >= 0.3 is 0 Å². The fraction of sp³-hybridized carbons (Fsp3) is 0.652. The number of nitrogens with one attached hydrogen (secondary N) is 1. The molecule has 0 spiro atoms. The molecule has 0 heterocycles. The predicted octanol–water partition coefficient (Wildman–Crippen LogP) is 33.3. The number of hydrogen-bond acceptors (Lipinski definition) is 3. The molecular formula is C89H164Hf2N6P2-8. The van der Waals surface area contributed by atoms with Crippen LogP contribution < -0.4 is 0 Å². The molecule has 99 heavy (non-hydrogen) atoms. The predicted molar refractivity (Wildman–Crippen MR) is 462 cm³/mol. The van der Waals surface area contributed by atoms with E-state index in [0.717, 1.165) is 34.2 Å². The Bertz CT molecular complexity index is 2710. The first-order valence-electron chi connectivity index (χ1n) is 34.6. The smallest absolute Gasteiger partial charge is 0.0697 e. The Morgan fingerprint density at radius 2 is 0.475 bits per heavy atom. The molecule has 0 unspecified atom stereocenters. The fourth-order valence-corrected chi connectivity index (χ4v) is 26.0. The number of rotatable bonds is 16. The average Bonchev–Trinajstić information content (AvgIpc) is 3.36. The number of aliphatic imine (C=N–C) groups is 2. The molecule has 0 radical (unpaired) electrons. The van der Waals surface area contributed by atoms with Crippen LogP contribution in [-0.4, -0.2) is 53.4 Å². The van der Waals surface area contributed by atoms with Crippen molar-refractivity contribution in [1.29, 1.82) is 5.16 Å². The van der Waals surface area contributed by atoms with Crippen LogP contribution in [0.25, 0.3) is 15.8 Å². The summed E-state index contributed by atoms with van der Waals surface area (Å²) in [5, 5.41) is 31.1. The molecule has 0 amide bonds. The monoisotopic (exact) mass is 1740 g/mol. The quantitative estimate of drug-likeness (QED) is 0.0500. The normalized spacial score (nSPS) is 12.6. The second-order valence-corrected chi connectivity index (χ2v) is 46.1. The summed E-state index contributed by atoms with van der Waals surface area (Å²) in [7, 11) is -3.79. The molecule has 0 aliphatic heterocycles. The van der Waals surface area contributed by atoms with Crippen molar-refractivity contribution in [3.05, 3.63) is 170 Å². The molecule has 4 aromatic carbocycles. The zero-order valence-electron chi connectivity index (χ0n) is 72.2. The molecule has 4 aromatic rings. The van der Waals surface area contributed by atoms with Gasteiger partial charge in [0.15, 0.2) is 0 Å². The van der Waals surface area contributed by atoms with Gasteiger partial charge in [0, 0.05) is 63.1 Å². The van der Waals surface area contributed by atoms with E-state index in [1.807, 2.05) is 0 Å². The zero-order chi connectivity index (χ0) is 71.0. The second-order valence-electron chi connectivity index (χ2n) is 35.4. The summed E-state index contributed by atoms with van der Waals surface area (Å²) < 4.78 is 0. The van der Waals surface area contributed by atoms with E-state index in [1.54, 1.807) is 0 Å². The number of nitrogens with zero attached hydrogens (tertiary/aromatic N) is 5. The van der Waals surface area contributed by atoms with E-state index in [4.69, 9.17) is 25.8 Å². The molecule has 4 rings (SSSR count). The molecule has 6 nitrogen and oxygen atoms in total. The molecule has 0 saturated carbocycles.